The number of hydrogen-bond donors (Lipinski definition) is 2. The molecule has 0 spiro atoms. The molecule has 0 atom stereocenters. The molecule has 1 aromatic heterocycles. The second kappa shape index (κ2) is 10.6. The molecule has 182 valence electrons. The second-order valence-corrected chi connectivity index (χ2v) is 10.2. The molecule has 1 amide bonds. The highest BCUT2D eigenvalue weighted by Gasteiger charge is 2.18. The number of carbonyl (C=O) groups is 1. The number of sulfonamides is 1. The summed E-state index contributed by atoms with van der Waals surface area (Å²) in [5, 5.41) is 2.28. The number of hydrogen-bond acceptors (Lipinski definition) is 7. The number of aromatic nitrogens is 1. The number of nitrogens with zero attached hydrogens (tertiary/aromatic N) is 1. The van der Waals surface area contributed by atoms with Gasteiger partial charge in [-0.2, -0.15) is 0 Å². The van der Waals surface area contributed by atoms with Gasteiger partial charge in [0.15, 0.2) is 0 Å². The van der Waals surface area contributed by atoms with Gasteiger partial charge in [0.05, 0.1) is 32.4 Å². The van der Waals surface area contributed by atoms with Crippen LogP contribution >= 0.6 is 0 Å². The normalized spacial score (nSPS) is 11.4. The lowest BCUT2D eigenvalue weighted by Gasteiger charge is -2.11. The van der Waals surface area contributed by atoms with Crippen LogP contribution in [0.3, 0.4) is 0 Å². The maximum atomic E-state index is 12.5. The van der Waals surface area contributed by atoms with E-state index in [0.29, 0.717) is 45.7 Å². The van der Waals surface area contributed by atoms with Crippen molar-refractivity contribution in [3.05, 3.63) is 59.5 Å². The number of benzene rings is 2. The van der Waals surface area contributed by atoms with E-state index in [9.17, 15) is 13.2 Å². The molecule has 0 bridgehead atoms. The van der Waals surface area contributed by atoms with Crippen LogP contribution in [0.5, 0.6) is 11.5 Å². The number of anilines is 1. The van der Waals surface area contributed by atoms with Crippen molar-refractivity contribution in [1.29, 1.82) is 0 Å². The van der Waals surface area contributed by atoms with Crippen molar-refractivity contribution in [3.8, 4) is 23.0 Å². The summed E-state index contributed by atoms with van der Waals surface area (Å²) in [7, 11) is -0.363. The first kappa shape index (κ1) is 25.1. The zero-order chi connectivity index (χ0) is 24.9. The van der Waals surface area contributed by atoms with Crippen LogP contribution in [-0.4, -0.2) is 38.8 Å². The molecular formula is C24H29N3O6S. The van der Waals surface area contributed by atoms with Gasteiger partial charge >= 0.3 is 0 Å². The first-order valence-corrected chi connectivity index (χ1v) is 12.2. The van der Waals surface area contributed by atoms with E-state index in [-0.39, 0.29) is 18.9 Å². The highest BCUT2D eigenvalue weighted by molar-refractivity contribution is 7.93. The van der Waals surface area contributed by atoms with Crippen molar-refractivity contribution in [2.45, 2.75) is 39.0 Å². The van der Waals surface area contributed by atoms with Gasteiger partial charge in [-0.25, -0.2) is 13.4 Å². The third kappa shape index (κ3) is 6.07. The number of carbonyl (C=O) groups excluding carboxylic acids is 1. The Morgan fingerprint density at radius 1 is 1.12 bits per heavy atom. The molecule has 2 aromatic carbocycles. The third-order valence-corrected chi connectivity index (χ3v) is 6.94. The van der Waals surface area contributed by atoms with Crippen LogP contribution in [0.4, 0.5) is 5.69 Å². The van der Waals surface area contributed by atoms with Crippen molar-refractivity contribution in [1.82, 2.24) is 10.3 Å². The Kier molecular flexibility index (Phi) is 7.83. The van der Waals surface area contributed by atoms with Gasteiger partial charge in [-0.05, 0) is 57.2 Å². The summed E-state index contributed by atoms with van der Waals surface area (Å²) >= 11 is 0. The molecule has 0 fully saturated rings. The van der Waals surface area contributed by atoms with Gasteiger partial charge in [0, 0.05) is 16.8 Å². The van der Waals surface area contributed by atoms with Gasteiger partial charge in [0.1, 0.15) is 23.0 Å². The Hall–Kier alpha value is -3.53. The van der Waals surface area contributed by atoms with Crippen molar-refractivity contribution < 1.29 is 27.1 Å². The topological polar surface area (TPSA) is 120 Å². The van der Waals surface area contributed by atoms with Crippen molar-refractivity contribution in [2.75, 3.05) is 18.9 Å². The molecule has 9 nitrogen and oxygen atoms in total. The summed E-state index contributed by atoms with van der Waals surface area (Å²) in [5.41, 5.74) is 2.32. The minimum absolute atomic E-state index is 0.113. The highest BCUT2D eigenvalue weighted by atomic mass is 32.2. The molecule has 10 heteroatoms. The largest absolute Gasteiger partial charge is 0.497 e. The number of methoxy groups -OCH3 is 2. The van der Waals surface area contributed by atoms with Crippen molar-refractivity contribution in [2.24, 2.45) is 0 Å². The number of nitrogens with one attached hydrogen (secondary N) is 2. The van der Waals surface area contributed by atoms with E-state index in [1.54, 1.807) is 77.5 Å². The van der Waals surface area contributed by atoms with Crippen molar-refractivity contribution in [3.63, 3.8) is 0 Å². The first-order chi connectivity index (χ1) is 16.1. The monoisotopic (exact) mass is 487 g/mol. The molecule has 0 aliphatic heterocycles. The fourth-order valence-corrected chi connectivity index (χ4v) is 3.84. The van der Waals surface area contributed by atoms with Gasteiger partial charge in [-0.3, -0.25) is 9.52 Å². The first-order valence-electron chi connectivity index (χ1n) is 10.7. The summed E-state index contributed by atoms with van der Waals surface area (Å²) in [6.45, 7) is 5.15. The molecule has 3 rings (SSSR count). The van der Waals surface area contributed by atoms with Gasteiger partial charge in [0.25, 0.3) is 0 Å². The number of aryl methyl sites for hydroxylation is 1. The predicted molar refractivity (Wildman–Crippen MR) is 129 cm³/mol. The quantitative estimate of drug-likeness (QED) is 0.448. The fraction of sp³-hybridized carbons (Fsp3) is 0.333. The Balaban J connectivity index is 1.69. The van der Waals surface area contributed by atoms with Gasteiger partial charge < -0.3 is 19.2 Å². The van der Waals surface area contributed by atoms with Crippen molar-refractivity contribution >= 4 is 21.6 Å². The SMILES string of the molecule is COc1ccc(OC)c(CC(=O)NCc2nc(-c3cccc(NS(=O)(=O)C(C)C)c3)oc2C)c1. The summed E-state index contributed by atoms with van der Waals surface area (Å²) in [4.78, 5) is 17.0. The fourth-order valence-electron chi connectivity index (χ4n) is 3.15. The number of oxazole rings is 1. The minimum Gasteiger partial charge on any atom is -0.497 e. The van der Waals surface area contributed by atoms with Gasteiger partial charge in [-0.1, -0.05) is 6.07 Å². The summed E-state index contributed by atoms with van der Waals surface area (Å²) < 4.78 is 43.2. The molecular weight excluding hydrogens is 458 g/mol. The van der Waals surface area contributed by atoms with E-state index in [2.05, 4.69) is 15.0 Å². The van der Waals surface area contributed by atoms with E-state index in [0.717, 1.165) is 0 Å². The van der Waals surface area contributed by atoms with Crippen LogP contribution in [0.1, 0.15) is 30.9 Å². The highest BCUT2D eigenvalue weighted by Crippen LogP contribution is 2.26. The van der Waals surface area contributed by atoms with Crippen LogP contribution < -0.4 is 19.5 Å². The Morgan fingerprint density at radius 3 is 2.56 bits per heavy atom. The number of rotatable bonds is 10. The lowest BCUT2D eigenvalue weighted by atomic mass is 10.1. The minimum atomic E-state index is -3.47. The Labute approximate surface area is 199 Å². The second-order valence-electron chi connectivity index (χ2n) is 7.93. The predicted octanol–water partition coefficient (Wildman–Crippen LogP) is 3.68. The lowest BCUT2D eigenvalue weighted by molar-refractivity contribution is -0.120. The molecule has 0 aliphatic rings. The average Bonchev–Trinajstić information content (AvgIpc) is 3.18. The molecule has 0 saturated heterocycles. The van der Waals surface area contributed by atoms with E-state index < -0.39 is 15.3 Å². The van der Waals surface area contributed by atoms with Crippen LogP contribution in [0.2, 0.25) is 0 Å². The average molecular weight is 488 g/mol. The zero-order valence-electron chi connectivity index (χ0n) is 19.8. The van der Waals surface area contributed by atoms with E-state index >= 15 is 0 Å². The molecule has 2 N–H and O–H groups in total. The van der Waals surface area contributed by atoms with E-state index in [1.807, 2.05) is 0 Å². The van der Waals surface area contributed by atoms with Gasteiger partial charge in [-0.15, -0.1) is 0 Å². The summed E-state index contributed by atoms with van der Waals surface area (Å²) in [6.07, 6.45) is 0.113. The Morgan fingerprint density at radius 2 is 1.88 bits per heavy atom. The molecule has 34 heavy (non-hydrogen) atoms. The maximum Gasteiger partial charge on any atom is 0.235 e. The van der Waals surface area contributed by atoms with Crippen LogP contribution in [-0.2, 0) is 27.8 Å². The molecule has 0 aliphatic carbocycles. The Bertz CT molecular complexity index is 1270. The number of amides is 1. The maximum absolute atomic E-state index is 12.5. The molecule has 0 saturated carbocycles. The zero-order valence-corrected chi connectivity index (χ0v) is 20.7. The number of ether oxygens (including phenoxy) is 2. The van der Waals surface area contributed by atoms with E-state index in [4.69, 9.17) is 13.9 Å². The molecule has 1 heterocycles. The summed E-state index contributed by atoms with van der Waals surface area (Å²) in [5.74, 6) is 1.92. The van der Waals surface area contributed by atoms with Crippen LogP contribution in [0.25, 0.3) is 11.5 Å². The smallest absolute Gasteiger partial charge is 0.235 e. The summed E-state index contributed by atoms with van der Waals surface area (Å²) in [6, 6.07) is 12.1. The van der Waals surface area contributed by atoms with Crippen LogP contribution in [0, 0.1) is 6.92 Å². The third-order valence-electron chi connectivity index (χ3n) is 5.17. The van der Waals surface area contributed by atoms with Crippen LogP contribution in [0.15, 0.2) is 46.9 Å². The lowest BCUT2D eigenvalue weighted by Crippen LogP contribution is -2.25. The van der Waals surface area contributed by atoms with Gasteiger partial charge in [0.2, 0.25) is 21.8 Å². The molecule has 0 unspecified atom stereocenters. The molecule has 0 radical (unpaired) electrons. The van der Waals surface area contributed by atoms with E-state index in [1.165, 1.54) is 0 Å². The molecule has 3 aromatic rings. The standard InChI is InChI=1S/C24H29N3O6S/c1-15(2)34(29,30)27-19-8-6-7-17(11-19)24-26-21(16(3)33-24)14-25-23(28)13-18-12-20(31-4)9-10-22(18)32-5/h6-12,15,27H,13-14H2,1-5H3,(H,25,28).